The molecule has 2 aromatic carbocycles. The molecule has 0 bridgehead atoms. The fraction of sp³-hybridized carbons (Fsp3) is 0.143. The molecule has 0 aliphatic rings. The summed E-state index contributed by atoms with van der Waals surface area (Å²) in [5.74, 6) is -2.08. The first kappa shape index (κ1) is 13.0. The van der Waals surface area contributed by atoms with Crippen LogP contribution in [0, 0.1) is 0 Å². The molecular weight excluding hydrogens is 248 g/mol. The predicted octanol–water partition coefficient (Wildman–Crippen LogP) is 2.03. The number of carbonyl (C=O) groups excluding carboxylic acids is 1. The number of rotatable bonds is 3. The summed E-state index contributed by atoms with van der Waals surface area (Å²) in [6, 6.07) is 9.88. The normalized spacial score (nSPS) is 12.1. The SMILES string of the molecule is CC(O)OC(=O)c1ccc2ccccc2c1C(=O)O. The topological polar surface area (TPSA) is 83.8 Å². The molecule has 0 aliphatic heterocycles. The molecule has 0 heterocycles. The number of fused-ring (bicyclic) bond motifs is 1. The van der Waals surface area contributed by atoms with E-state index in [0.29, 0.717) is 10.8 Å². The molecule has 0 amide bonds. The summed E-state index contributed by atoms with van der Waals surface area (Å²) in [6.45, 7) is 1.28. The van der Waals surface area contributed by atoms with Crippen LogP contribution in [-0.4, -0.2) is 28.4 Å². The minimum atomic E-state index is -1.29. The zero-order valence-corrected chi connectivity index (χ0v) is 10.2. The molecule has 2 N–H and O–H groups in total. The van der Waals surface area contributed by atoms with Crippen molar-refractivity contribution in [3.05, 3.63) is 47.5 Å². The highest BCUT2D eigenvalue weighted by Crippen LogP contribution is 2.23. The van der Waals surface area contributed by atoms with Crippen molar-refractivity contribution in [3.63, 3.8) is 0 Å². The Morgan fingerprint density at radius 2 is 1.84 bits per heavy atom. The number of hydrogen-bond donors (Lipinski definition) is 2. The van der Waals surface area contributed by atoms with E-state index >= 15 is 0 Å². The Labute approximate surface area is 109 Å². The van der Waals surface area contributed by atoms with Crippen molar-refractivity contribution in [1.29, 1.82) is 0 Å². The van der Waals surface area contributed by atoms with Crippen LogP contribution in [0.5, 0.6) is 0 Å². The fourth-order valence-corrected chi connectivity index (χ4v) is 1.89. The van der Waals surface area contributed by atoms with Crippen molar-refractivity contribution in [2.75, 3.05) is 0 Å². The van der Waals surface area contributed by atoms with Crippen LogP contribution < -0.4 is 0 Å². The summed E-state index contributed by atoms with van der Waals surface area (Å²) in [4.78, 5) is 23.1. The minimum Gasteiger partial charge on any atom is -0.478 e. The Hall–Kier alpha value is -2.40. The van der Waals surface area contributed by atoms with E-state index in [4.69, 9.17) is 5.11 Å². The Morgan fingerprint density at radius 1 is 1.16 bits per heavy atom. The Bertz CT molecular complexity index is 645. The first-order valence-corrected chi connectivity index (χ1v) is 5.65. The van der Waals surface area contributed by atoms with Crippen LogP contribution in [0.15, 0.2) is 36.4 Å². The van der Waals surface area contributed by atoms with Gasteiger partial charge in [-0.05, 0) is 23.8 Å². The third-order valence-corrected chi connectivity index (χ3v) is 2.64. The van der Waals surface area contributed by atoms with E-state index in [9.17, 15) is 14.7 Å². The monoisotopic (exact) mass is 260 g/mol. The molecule has 5 nitrogen and oxygen atoms in total. The number of carboxylic acids is 1. The zero-order valence-electron chi connectivity index (χ0n) is 10.2. The lowest BCUT2D eigenvalue weighted by Crippen LogP contribution is -2.17. The van der Waals surface area contributed by atoms with Crippen molar-refractivity contribution in [2.24, 2.45) is 0 Å². The Morgan fingerprint density at radius 3 is 2.47 bits per heavy atom. The zero-order chi connectivity index (χ0) is 14.0. The third-order valence-electron chi connectivity index (χ3n) is 2.64. The molecule has 0 saturated heterocycles. The number of ether oxygens (including phenoxy) is 1. The fourth-order valence-electron chi connectivity index (χ4n) is 1.89. The summed E-state index contributed by atoms with van der Waals surface area (Å²) >= 11 is 0. The minimum absolute atomic E-state index is 0.0768. The second-order valence-electron chi connectivity index (χ2n) is 4.02. The van der Waals surface area contributed by atoms with E-state index < -0.39 is 18.2 Å². The lowest BCUT2D eigenvalue weighted by atomic mass is 9.99. The molecule has 1 unspecified atom stereocenters. The van der Waals surface area contributed by atoms with E-state index in [2.05, 4.69) is 4.74 Å². The van der Waals surface area contributed by atoms with Gasteiger partial charge in [0.2, 0.25) is 0 Å². The lowest BCUT2D eigenvalue weighted by molar-refractivity contribution is -0.0524. The van der Waals surface area contributed by atoms with Gasteiger partial charge in [-0.1, -0.05) is 30.3 Å². The first-order valence-electron chi connectivity index (χ1n) is 5.65. The van der Waals surface area contributed by atoms with Crippen LogP contribution in [0.1, 0.15) is 27.6 Å². The van der Waals surface area contributed by atoms with E-state index in [-0.39, 0.29) is 11.1 Å². The standard InChI is InChI=1S/C14H12O5/c1-8(15)19-14(18)11-7-6-9-4-2-3-5-10(9)12(11)13(16)17/h2-8,15H,1H3,(H,16,17). The van der Waals surface area contributed by atoms with Gasteiger partial charge in [-0.25, -0.2) is 9.59 Å². The van der Waals surface area contributed by atoms with Gasteiger partial charge in [0, 0.05) is 0 Å². The van der Waals surface area contributed by atoms with Crippen molar-refractivity contribution in [1.82, 2.24) is 0 Å². The van der Waals surface area contributed by atoms with Gasteiger partial charge in [0.25, 0.3) is 0 Å². The molecule has 2 rings (SSSR count). The molecule has 2 aromatic rings. The maximum absolute atomic E-state index is 11.8. The molecular formula is C14H12O5. The average Bonchev–Trinajstić information content (AvgIpc) is 2.36. The van der Waals surface area contributed by atoms with Crippen molar-refractivity contribution >= 4 is 22.7 Å². The second kappa shape index (κ2) is 5.07. The molecule has 0 fully saturated rings. The van der Waals surface area contributed by atoms with Gasteiger partial charge < -0.3 is 14.9 Å². The Balaban J connectivity index is 2.64. The van der Waals surface area contributed by atoms with Gasteiger partial charge in [-0.15, -0.1) is 0 Å². The van der Waals surface area contributed by atoms with Gasteiger partial charge in [-0.2, -0.15) is 0 Å². The third kappa shape index (κ3) is 2.56. The number of aliphatic hydroxyl groups excluding tert-OH is 1. The van der Waals surface area contributed by atoms with Crippen LogP contribution in [0.25, 0.3) is 10.8 Å². The van der Waals surface area contributed by atoms with Gasteiger partial charge in [0.1, 0.15) is 0 Å². The van der Waals surface area contributed by atoms with Crippen LogP contribution >= 0.6 is 0 Å². The average molecular weight is 260 g/mol. The van der Waals surface area contributed by atoms with Crippen LogP contribution in [-0.2, 0) is 4.74 Å². The van der Waals surface area contributed by atoms with Crippen molar-refractivity contribution in [3.8, 4) is 0 Å². The molecule has 0 aromatic heterocycles. The van der Waals surface area contributed by atoms with Crippen LogP contribution in [0.2, 0.25) is 0 Å². The number of carboxylic acid groups (broad SMARTS) is 1. The highest BCUT2D eigenvalue weighted by Gasteiger charge is 2.21. The maximum atomic E-state index is 11.8. The molecule has 0 aliphatic carbocycles. The summed E-state index contributed by atoms with van der Waals surface area (Å²) < 4.78 is 4.63. The van der Waals surface area contributed by atoms with Crippen LogP contribution in [0.3, 0.4) is 0 Å². The summed E-state index contributed by atoms with van der Waals surface area (Å²) in [6.07, 6.45) is -1.29. The number of benzene rings is 2. The van der Waals surface area contributed by atoms with Crippen molar-refractivity contribution < 1.29 is 24.5 Å². The highest BCUT2D eigenvalue weighted by molar-refractivity contribution is 6.12. The number of carbonyl (C=O) groups is 2. The maximum Gasteiger partial charge on any atom is 0.341 e. The van der Waals surface area contributed by atoms with Crippen LogP contribution in [0.4, 0.5) is 0 Å². The quantitative estimate of drug-likeness (QED) is 0.651. The number of hydrogen-bond acceptors (Lipinski definition) is 4. The highest BCUT2D eigenvalue weighted by atomic mass is 16.6. The molecule has 5 heteroatoms. The first-order chi connectivity index (χ1) is 9.00. The van der Waals surface area contributed by atoms with Gasteiger partial charge in [0.05, 0.1) is 11.1 Å². The van der Waals surface area contributed by atoms with Gasteiger partial charge >= 0.3 is 11.9 Å². The largest absolute Gasteiger partial charge is 0.478 e. The Kier molecular flexibility index (Phi) is 3.48. The summed E-state index contributed by atoms with van der Waals surface area (Å²) in [5, 5.41) is 19.5. The predicted molar refractivity (Wildman–Crippen MR) is 68.0 cm³/mol. The second-order valence-corrected chi connectivity index (χ2v) is 4.02. The molecule has 98 valence electrons. The molecule has 1 atom stereocenters. The van der Waals surface area contributed by atoms with E-state index in [1.807, 2.05) is 0 Å². The molecule has 19 heavy (non-hydrogen) atoms. The number of aromatic carboxylic acids is 1. The lowest BCUT2D eigenvalue weighted by Gasteiger charge is -2.11. The van der Waals surface area contributed by atoms with E-state index in [0.717, 1.165) is 0 Å². The summed E-state index contributed by atoms with van der Waals surface area (Å²) in [5.41, 5.74) is -0.198. The van der Waals surface area contributed by atoms with Gasteiger partial charge in [-0.3, -0.25) is 0 Å². The molecule has 0 spiro atoms. The number of esters is 1. The molecule has 0 saturated carbocycles. The van der Waals surface area contributed by atoms with E-state index in [1.165, 1.54) is 13.0 Å². The van der Waals surface area contributed by atoms with Crippen molar-refractivity contribution in [2.45, 2.75) is 13.2 Å². The van der Waals surface area contributed by atoms with E-state index in [1.54, 1.807) is 30.3 Å². The number of aliphatic hydroxyl groups is 1. The van der Waals surface area contributed by atoms with Gasteiger partial charge in [0.15, 0.2) is 6.29 Å². The molecule has 0 radical (unpaired) electrons. The summed E-state index contributed by atoms with van der Waals surface area (Å²) in [7, 11) is 0. The smallest absolute Gasteiger partial charge is 0.341 e.